The van der Waals surface area contributed by atoms with Gasteiger partial charge >= 0.3 is 6.18 Å². The van der Waals surface area contributed by atoms with E-state index in [4.69, 9.17) is 0 Å². The summed E-state index contributed by atoms with van der Waals surface area (Å²) in [5, 5.41) is 10.9. The van der Waals surface area contributed by atoms with Crippen molar-refractivity contribution in [2.75, 3.05) is 13.1 Å². The van der Waals surface area contributed by atoms with Crippen molar-refractivity contribution in [3.63, 3.8) is 0 Å². The maximum atomic E-state index is 13.3. The van der Waals surface area contributed by atoms with Gasteiger partial charge in [0.25, 0.3) is 0 Å². The highest BCUT2D eigenvalue weighted by Crippen LogP contribution is 2.42. The van der Waals surface area contributed by atoms with Crippen molar-refractivity contribution in [2.24, 2.45) is 0 Å². The van der Waals surface area contributed by atoms with Crippen LogP contribution in [0.4, 0.5) is 17.6 Å². The van der Waals surface area contributed by atoms with E-state index in [1.807, 2.05) is 4.57 Å². The van der Waals surface area contributed by atoms with E-state index >= 15 is 0 Å². The van der Waals surface area contributed by atoms with Crippen molar-refractivity contribution in [3.8, 4) is 0 Å². The highest BCUT2D eigenvalue weighted by atomic mass is 19.4. The summed E-state index contributed by atoms with van der Waals surface area (Å²) in [4.78, 5) is 11.1. The molecule has 2 aromatic heterocycles. The topological polar surface area (TPSA) is 54.2 Å². The van der Waals surface area contributed by atoms with Crippen LogP contribution >= 0.6 is 0 Å². The number of piperidine rings is 1. The number of benzene rings is 1. The Morgan fingerprint density at radius 3 is 2.62 bits per heavy atom. The molecule has 2 aliphatic heterocycles. The molecule has 1 fully saturated rings. The molecule has 0 saturated carbocycles. The third-order valence-electron chi connectivity index (χ3n) is 6.68. The molecule has 4 heterocycles. The van der Waals surface area contributed by atoms with Gasteiger partial charge in [-0.25, -0.2) is 14.4 Å². The van der Waals surface area contributed by atoms with Gasteiger partial charge in [-0.15, -0.1) is 0 Å². The van der Waals surface area contributed by atoms with Gasteiger partial charge in [-0.2, -0.15) is 13.2 Å². The summed E-state index contributed by atoms with van der Waals surface area (Å²) in [5.41, 5.74) is 3.25. The molecule has 2 atom stereocenters. The first kappa shape index (κ1) is 21.3. The first-order valence-electron chi connectivity index (χ1n) is 10.9. The third kappa shape index (κ3) is 3.67. The second kappa shape index (κ2) is 8.12. The van der Waals surface area contributed by atoms with Crippen molar-refractivity contribution in [1.82, 2.24) is 19.4 Å². The smallest absolute Gasteiger partial charge is 0.387 e. The second-order valence-corrected chi connectivity index (χ2v) is 8.56. The Bertz CT molecular complexity index is 1130. The Morgan fingerprint density at radius 1 is 1.12 bits per heavy atom. The van der Waals surface area contributed by atoms with Crippen molar-refractivity contribution in [2.45, 2.75) is 57.2 Å². The first-order chi connectivity index (χ1) is 15.4. The Kier molecular flexibility index (Phi) is 5.41. The van der Waals surface area contributed by atoms with Crippen molar-refractivity contribution in [1.29, 1.82) is 0 Å². The number of rotatable bonds is 4. The maximum Gasteiger partial charge on any atom is 0.416 e. The summed E-state index contributed by atoms with van der Waals surface area (Å²) in [7, 11) is 0. The number of aromatic nitrogens is 3. The summed E-state index contributed by atoms with van der Waals surface area (Å²) in [6, 6.07) is 4.80. The van der Waals surface area contributed by atoms with E-state index in [1.54, 1.807) is 6.20 Å². The van der Waals surface area contributed by atoms with Gasteiger partial charge in [-0.1, -0.05) is 18.6 Å². The quantitative estimate of drug-likeness (QED) is 0.586. The van der Waals surface area contributed by atoms with Crippen LogP contribution < -0.4 is 0 Å². The van der Waals surface area contributed by atoms with E-state index in [1.165, 1.54) is 12.1 Å². The summed E-state index contributed by atoms with van der Waals surface area (Å²) in [5.74, 6) is 0.133. The minimum absolute atomic E-state index is 0.133. The lowest BCUT2D eigenvalue weighted by atomic mass is 9.90. The largest absolute Gasteiger partial charge is 0.416 e. The van der Waals surface area contributed by atoms with Gasteiger partial charge < -0.3 is 9.67 Å². The molecule has 2 aliphatic rings. The third-order valence-corrected chi connectivity index (χ3v) is 6.68. The fourth-order valence-electron chi connectivity index (χ4n) is 5.14. The van der Waals surface area contributed by atoms with E-state index in [0.29, 0.717) is 5.56 Å². The number of hydrogen-bond donors (Lipinski definition) is 1. The SMILES string of the molecule is OC(Cn1c2c(c3nc(CF)ncc31)C1CCCCN1CC2)c1ccc(C(F)(F)F)cc1. The van der Waals surface area contributed by atoms with Crippen molar-refractivity contribution < 1.29 is 22.7 Å². The zero-order valence-electron chi connectivity index (χ0n) is 17.4. The van der Waals surface area contributed by atoms with Crippen LogP contribution in [0, 0.1) is 0 Å². The van der Waals surface area contributed by atoms with Gasteiger partial charge in [0.1, 0.15) is 6.67 Å². The summed E-state index contributed by atoms with van der Waals surface area (Å²) < 4.78 is 53.9. The monoisotopic (exact) mass is 448 g/mol. The van der Waals surface area contributed by atoms with Gasteiger partial charge in [-0.3, -0.25) is 4.90 Å². The lowest BCUT2D eigenvalue weighted by molar-refractivity contribution is -0.137. The molecule has 0 amide bonds. The van der Waals surface area contributed by atoms with Crippen molar-refractivity contribution in [3.05, 3.63) is 58.7 Å². The molecule has 1 aromatic carbocycles. The molecule has 3 aromatic rings. The van der Waals surface area contributed by atoms with Crippen LogP contribution in [0.2, 0.25) is 0 Å². The van der Waals surface area contributed by atoms with Crippen molar-refractivity contribution >= 4 is 11.0 Å². The van der Waals surface area contributed by atoms with Gasteiger partial charge in [0.2, 0.25) is 0 Å². The molecule has 5 rings (SSSR count). The standard InChI is InChI=1S/C23H24F4N4O/c24-11-20-28-12-18-22(29-20)21-16-3-1-2-9-30(16)10-8-17(21)31(18)13-19(32)14-4-6-15(7-5-14)23(25,26)27/h4-7,12,16,19,32H,1-3,8-11,13H2. The van der Waals surface area contributed by atoms with Gasteiger partial charge in [0.15, 0.2) is 5.82 Å². The Morgan fingerprint density at radius 2 is 1.91 bits per heavy atom. The molecule has 2 unspecified atom stereocenters. The predicted molar refractivity (Wildman–Crippen MR) is 111 cm³/mol. The molecule has 32 heavy (non-hydrogen) atoms. The van der Waals surface area contributed by atoms with Gasteiger partial charge in [0.05, 0.1) is 35.4 Å². The molecule has 1 N–H and O–H groups in total. The Hall–Kier alpha value is -2.52. The fourth-order valence-corrected chi connectivity index (χ4v) is 5.14. The number of alkyl halides is 4. The van der Waals surface area contributed by atoms with Crippen LogP contribution in [-0.4, -0.2) is 37.6 Å². The normalized spacial score (nSPS) is 20.2. The second-order valence-electron chi connectivity index (χ2n) is 8.56. The summed E-state index contributed by atoms with van der Waals surface area (Å²) >= 11 is 0. The first-order valence-corrected chi connectivity index (χ1v) is 10.9. The Balaban J connectivity index is 1.54. The van der Waals surface area contributed by atoms with E-state index in [2.05, 4.69) is 14.9 Å². The minimum atomic E-state index is -4.42. The fraction of sp³-hybridized carbons (Fsp3) is 0.478. The van der Waals surface area contributed by atoms with Crippen LogP contribution in [0.5, 0.6) is 0 Å². The molecule has 0 bridgehead atoms. The van der Waals surface area contributed by atoms with Gasteiger partial charge in [-0.05, 0) is 37.1 Å². The Labute approximate surface area is 182 Å². The minimum Gasteiger partial charge on any atom is -0.387 e. The highest BCUT2D eigenvalue weighted by molar-refractivity contribution is 5.82. The molecule has 1 saturated heterocycles. The average Bonchev–Trinajstić information content (AvgIpc) is 3.11. The lowest BCUT2D eigenvalue weighted by Gasteiger charge is -2.39. The van der Waals surface area contributed by atoms with Crippen LogP contribution in [0.3, 0.4) is 0 Å². The average molecular weight is 448 g/mol. The number of aliphatic hydroxyl groups excluding tert-OH is 1. The van der Waals surface area contributed by atoms with Crippen LogP contribution in [0.25, 0.3) is 11.0 Å². The van der Waals surface area contributed by atoms with Gasteiger partial charge in [0, 0.05) is 30.3 Å². The van der Waals surface area contributed by atoms with Crippen LogP contribution in [0.15, 0.2) is 30.5 Å². The molecule has 9 heteroatoms. The van der Waals surface area contributed by atoms with E-state index in [9.17, 15) is 22.7 Å². The molecular weight excluding hydrogens is 424 g/mol. The molecule has 0 radical (unpaired) electrons. The highest BCUT2D eigenvalue weighted by Gasteiger charge is 2.35. The zero-order chi connectivity index (χ0) is 22.5. The van der Waals surface area contributed by atoms with Crippen LogP contribution in [-0.2, 0) is 25.8 Å². The number of halogens is 4. The predicted octanol–water partition coefficient (Wildman–Crippen LogP) is 4.74. The molecule has 5 nitrogen and oxygen atoms in total. The van der Waals surface area contributed by atoms with E-state index in [-0.39, 0.29) is 18.4 Å². The molecule has 0 aliphatic carbocycles. The maximum absolute atomic E-state index is 13.3. The van der Waals surface area contributed by atoms with Crippen LogP contribution in [0.1, 0.15) is 59.6 Å². The van der Waals surface area contributed by atoms with E-state index in [0.717, 1.165) is 73.2 Å². The summed E-state index contributed by atoms with van der Waals surface area (Å²) in [6.45, 7) is 1.33. The molecular formula is C23H24F4N4O. The van der Waals surface area contributed by atoms with E-state index < -0.39 is 24.5 Å². The summed E-state index contributed by atoms with van der Waals surface area (Å²) in [6.07, 6.45) is 0.223. The zero-order valence-corrected chi connectivity index (χ0v) is 17.4. The number of fused-ring (bicyclic) bond motifs is 5. The molecule has 0 spiro atoms. The number of nitrogens with zero attached hydrogens (tertiary/aromatic N) is 4. The lowest BCUT2D eigenvalue weighted by Crippen LogP contribution is -2.39. The number of aliphatic hydroxyl groups is 1. The number of hydrogen-bond acceptors (Lipinski definition) is 4. The molecule has 170 valence electrons.